The van der Waals surface area contributed by atoms with Gasteiger partial charge in [0, 0.05) is 26.4 Å². The van der Waals surface area contributed by atoms with Gasteiger partial charge in [-0.3, -0.25) is 0 Å². The second-order valence-electron chi connectivity index (χ2n) is 16.4. The second kappa shape index (κ2) is 28.7. The van der Waals surface area contributed by atoms with Gasteiger partial charge in [0.05, 0.1) is 0 Å². The fourth-order valence-corrected chi connectivity index (χ4v) is 21.4. The van der Waals surface area contributed by atoms with Crippen LogP contribution >= 0.6 is 23.8 Å². The smallest absolute Gasteiger partial charge is 1.00 e. The standard InChI is InChI=1S/C32H61P3.2C4H8O.2ClH.Fe/c1-32(2,3)33(24-26-34(28-16-8-4-9-17-28)29-18-10-5-11-19-29)25-27-35(30-20-12-6-13-21-30)31-22-14-7-15-23-31;2*1-2-4-5-3-1;;;/h28-31H,4-27H2,1-3H3;2*1-4H2;2*1H;/q;;;;;+2/p-2. The van der Waals surface area contributed by atoms with Crippen LogP contribution in [0.1, 0.15) is 175 Å². The van der Waals surface area contributed by atoms with Crippen LogP contribution in [0.15, 0.2) is 0 Å². The predicted molar refractivity (Wildman–Crippen MR) is 208 cm³/mol. The normalized spacial score (nSPS) is 23.4. The van der Waals surface area contributed by atoms with Crippen LogP contribution in [0.2, 0.25) is 0 Å². The van der Waals surface area contributed by atoms with Crippen LogP contribution in [0.4, 0.5) is 0 Å². The largest absolute Gasteiger partial charge is 2.00 e. The van der Waals surface area contributed by atoms with Gasteiger partial charge in [0.25, 0.3) is 0 Å². The van der Waals surface area contributed by atoms with E-state index in [2.05, 4.69) is 20.8 Å². The summed E-state index contributed by atoms with van der Waals surface area (Å²) in [7, 11) is 0.771. The van der Waals surface area contributed by atoms with Crippen molar-refractivity contribution in [1.29, 1.82) is 0 Å². The summed E-state index contributed by atoms with van der Waals surface area (Å²) in [6, 6.07) is 0. The molecular weight excluding hydrogens is 732 g/mol. The van der Waals surface area contributed by atoms with Crippen molar-refractivity contribution >= 4 is 23.8 Å². The predicted octanol–water partition coefficient (Wildman–Crippen LogP) is 7.16. The van der Waals surface area contributed by atoms with E-state index in [4.69, 9.17) is 9.47 Å². The molecule has 0 bridgehead atoms. The van der Waals surface area contributed by atoms with Crippen molar-refractivity contribution < 1.29 is 51.4 Å². The first-order valence-corrected chi connectivity index (χ1v) is 25.5. The summed E-state index contributed by atoms with van der Waals surface area (Å²) in [4.78, 5) is 0. The molecule has 0 N–H and O–H groups in total. The van der Waals surface area contributed by atoms with Gasteiger partial charge < -0.3 is 34.3 Å². The molecule has 0 atom stereocenters. The molecule has 0 spiro atoms. The van der Waals surface area contributed by atoms with Crippen LogP contribution < -0.4 is 24.8 Å². The molecule has 4 saturated carbocycles. The fourth-order valence-electron chi connectivity index (χ4n) is 9.25. The van der Waals surface area contributed by atoms with Crippen LogP contribution in [0, 0.1) is 0 Å². The average Bonchev–Trinajstić information content (AvgIpc) is 3.86. The van der Waals surface area contributed by atoms with Crippen LogP contribution in [0.5, 0.6) is 0 Å². The van der Waals surface area contributed by atoms with E-state index in [1.54, 1.807) is 127 Å². The molecule has 2 aliphatic heterocycles. The van der Waals surface area contributed by atoms with Crippen molar-refractivity contribution in [3.8, 4) is 0 Å². The van der Waals surface area contributed by atoms with Crippen molar-refractivity contribution in [1.82, 2.24) is 0 Å². The van der Waals surface area contributed by atoms with Crippen LogP contribution in [0.3, 0.4) is 0 Å². The Bertz CT molecular complexity index is 623. The Labute approximate surface area is 327 Å². The molecule has 0 amide bonds. The monoisotopic (exact) mass is 808 g/mol. The Morgan fingerprint density at radius 3 is 0.833 bits per heavy atom. The number of ether oxygens (including phenoxy) is 2. The molecule has 0 aromatic carbocycles. The third-order valence-corrected chi connectivity index (χ3v) is 23.5. The zero-order valence-electron chi connectivity index (χ0n) is 31.7. The Morgan fingerprint density at radius 1 is 0.396 bits per heavy atom. The van der Waals surface area contributed by atoms with Gasteiger partial charge >= 0.3 is 17.1 Å². The molecule has 8 heteroatoms. The summed E-state index contributed by atoms with van der Waals surface area (Å²) in [5.74, 6) is 0. The maximum Gasteiger partial charge on any atom is 2.00 e. The van der Waals surface area contributed by atoms with Gasteiger partial charge in [-0.25, -0.2) is 0 Å². The third kappa shape index (κ3) is 18.6. The molecule has 4 aliphatic carbocycles. The van der Waals surface area contributed by atoms with E-state index in [-0.39, 0.29) is 49.8 Å². The minimum Gasteiger partial charge on any atom is -1.00 e. The fraction of sp³-hybridized carbons (Fsp3) is 1.00. The summed E-state index contributed by atoms with van der Waals surface area (Å²) in [6.45, 7) is 11.9. The number of rotatable bonds is 10. The molecule has 6 aliphatic rings. The summed E-state index contributed by atoms with van der Waals surface area (Å²) < 4.78 is 9.89. The summed E-state index contributed by atoms with van der Waals surface area (Å²) in [6.07, 6.45) is 43.1. The minimum absolute atomic E-state index is 0. The molecule has 0 aromatic heterocycles. The van der Waals surface area contributed by atoms with Gasteiger partial charge in [0.15, 0.2) is 0 Å². The molecule has 48 heavy (non-hydrogen) atoms. The maximum absolute atomic E-state index is 4.94. The van der Waals surface area contributed by atoms with Crippen molar-refractivity contribution in [2.24, 2.45) is 0 Å². The van der Waals surface area contributed by atoms with E-state index in [9.17, 15) is 0 Å². The first kappa shape index (κ1) is 48.3. The van der Waals surface area contributed by atoms with Crippen LogP contribution in [-0.4, -0.2) is 78.9 Å². The Hall–Kier alpha value is 2.31. The SMILES string of the molecule is C1CCOC1.C1CCOC1.CC(C)(C)P(CCP(C1CCCCC1)C1CCCCC1)CCP(C1CCCCC1)C1CCCCC1.[Cl-].[Cl-].[Fe+2]. The van der Waals surface area contributed by atoms with Gasteiger partial charge in [0.1, 0.15) is 0 Å². The van der Waals surface area contributed by atoms with Gasteiger partial charge in [-0.2, -0.15) is 0 Å². The number of hydrogen-bond donors (Lipinski definition) is 0. The molecule has 6 fully saturated rings. The molecule has 2 saturated heterocycles. The summed E-state index contributed by atoms with van der Waals surface area (Å²) >= 11 is 0. The first-order valence-electron chi connectivity index (χ1n) is 20.4. The minimum atomic E-state index is 0. The second-order valence-corrected chi connectivity index (χ2v) is 25.6. The zero-order chi connectivity index (χ0) is 31.6. The van der Waals surface area contributed by atoms with E-state index in [1.165, 1.54) is 51.4 Å². The van der Waals surface area contributed by atoms with Crippen LogP contribution in [-0.2, 0) is 26.5 Å². The Morgan fingerprint density at radius 2 is 0.646 bits per heavy atom. The third-order valence-electron chi connectivity index (χ3n) is 12.0. The maximum atomic E-state index is 4.94. The molecule has 2 nitrogen and oxygen atoms in total. The zero-order valence-corrected chi connectivity index (χ0v) is 37.0. The van der Waals surface area contributed by atoms with Crippen molar-refractivity contribution in [3.05, 3.63) is 0 Å². The van der Waals surface area contributed by atoms with Gasteiger partial charge in [-0.1, -0.05) is 114 Å². The molecular formula is C40H77Cl2FeO2P3. The molecule has 0 aromatic rings. The molecule has 0 radical (unpaired) electrons. The van der Waals surface area contributed by atoms with Crippen molar-refractivity contribution in [3.63, 3.8) is 0 Å². The van der Waals surface area contributed by atoms with Crippen molar-refractivity contribution in [2.45, 2.75) is 203 Å². The first-order chi connectivity index (χ1) is 22.0. The summed E-state index contributed by atoms with van der Waals surface area (Å²) in [5.41, 5.74) is 4.61. The topological polar surface area (TPSA) is 18.5 Å². The Kier molecular flexibility index (Phi) is 28.9. The average molecular weight is 810 g/mol. The molecule has 2 heterocycles. The van der Waals surface area contributed by atoms with Gasteiger partial charge in [-0.05, 0) is 129 Å². The van der Waals surface area contributed by atoms with Crippen molar-refractivity contribution in [2.75, 3.05) is 51.1 Å². The van der Waals surface area contributed by atoms with Crippen LogP contribution in [0.25, 0.3) is 0 Å². The van der Waals surface area contributed by atoms with E-state index in [0.717, 1.165) is 49.1 Å². The quantitative estimate of drug-likeness (QED) is 0.173. The molecule has 6 rings (SSSR count). The summed E-state index contributed by atoms with van der Waals surface area (Å²) in [5, 5.41) is 0.565. The molecule has 286 valence electrons. The van der Waals surface area contributed by atoms with E-state index >= 15 is 0 Å². The van der Waals surface area contributed by atoms with E-state index in [1.807, 2.05) is 0 Å². The number of halogens is 2. The van der Waals surface area contributed by atoms with E-state index in [0.29, 0.717) is 21.0 Å². The van der Waals surface area contributed by atoms with E-state index < -0.39 is 0 Å². The van der Waals surface area contributed by atoms with Gasteiger partial charge in [0.2, 0.25) is 0 Å². The Balaban J connectivity index is 0.000000757. The van der Waals surface area contributed by atoms with Gasteiger partial charge in [-0.15, -0.1) is 7.92 Å². The molecule has 0 unspecified atom stereocenters. The number of hydrogen-bond acceptors (Lipinski definition) is 2.